The summed E-state index contributed by atoms with van der Waals surface area (Å²) in [5, 5.41) is 8.75. The molecule has 3 aromatic rings. The molecular formula is C12H8N3. The van der Waals surface area contributed by atoms with Crippen LogP contribution in [-0.4, -0.2) is 15.0 Å². The van der Waals surface area contributed by atoms with E-state index in [1.54, 1.807) is 4.80 Å². The lowest BCUT2D eigenvalue weighted by Gasteiger charge is -1.95. The monoisotopic (exact) mass is 194 g/mol. The molecule has 3 rings (SSSR count). The van der Waals surface area contributed by atoms with E-state index in [0.29, 0.717) is 0 Å². The van der Waals surface area contributed by atoms with Crippen molar-refractivity contribution in [3.63, 3.8) is 0 Å². The van der Waals surface area contributed by atoms with E-state index in [-0.39, 0.29) is 0 Å². The summed E-state index contributed by atoms with van der Waals surface area (Å²) < 4.78 is 0. The number of hydrogen-bond acceptors (Lipinski definition) is 2. The third kappa shape index (κ3) is 1.38. The topological polar surface area (TPSA) is 30.7 Å². The maximum atomic E-state index is 4.37. The average Bonchev–Trinajstić information content (AvgIpc) is 2.74. The minimum absolute atomic E-state index is 0.908. The summed E-state index contributed by atoms with van der Waals surface area (Å²) in [5.41, 5.74) is 2.76. The van der Waals surface area contributed by atoms with Crippen LogP contribution in [0.2, 0.25) is 0 Å². The van der Waals surface area contributed by atoms with Crippen molar-refractivity contribution in [3.8, 4) is 5.69 Å². The van der Waals surface area contributed by atoms with Gasteiger partial charge in [0.1, 0.15) is 11.0 Å². The highest BCUT2D eigenvalue weighted by Gasteiger charge is 2.01. The van der Waals surface area contributed by atoms with Gasteiger partial charge in [0, 0.05) is 0 Å². The summed E-state index contributed by atoms with van der Waals surface area (Å²) in [7, 11) is 0. The van der Waals surface area contributed by atoms with E-state index in [1.807, 2.05) is 48.5 Å². The number of aromatic nitrogens is 3. The fourth-order valence-electron chi connectivity index (χ4n) is 1.49. The van der Waals surface area contributed by atoms with Crippen LogP contribution in [0.15, 0.2) is 48.5 Å². The van der Waals surface area contributed by atoms with E-state index < -0.39 is 0 Å². The van der Waals surface area contributed by atoms with Gasteiger partial charge in [-0.1, -0.05) is 24.3 Å². The van der Waals surface area contributed by atoms with Gasteiger partial charge in [-0.3, -0.25) is 0 Å². The number of fused-ring (bicyclic) bond motifs is 1. The van der Waals surface area contributed by atoms with Crippen molar-refractivity contribution in [1.29, 1.82) is 0 Å². The highest BCUT2D eigenvalue weighted by Crippen LogP contribution is 2.10. The van der Waals surface area contributed by atoms with Crippen LogP contribution in [0.5, 0.6) is 0 Å². The van der Waals surface area contributed by atoms with E-state index in [1.165, 1.54) is 0 Å². The molecule has 3 nitrogen and oxygen atoms in total. The van der Waals surface area contributed by atoms with Crippen LogP contribution in [0.4, 0.5) is 0 Å². The molecule has 1 radical (unpaired) electrons. The molecule has 0 saturated carbocycles. The van der Waals surface area contributed by atoms with Crippen LogP contribution in [0.1, 0.15) is 0 Å². The Labute approximate surface area is 87.0 Å². The maximum absolute atomic E-state index is 4.37. The average molecular weight is 194 g/mol. The lowest BCUT2D eigenvalue weighted by molar-refractivity contribution is 0.765. The molecule has 0 atom stereocenters. The molecule has 0 spiro atoms. The van der Waals surface area contributed by atoms with Crippen LogP contribution in [0.25, 0.3) is 16.7 Å². The third-order valence-corrected chi connectivity index (χ3v) is 2.22. The Morgan fingerprint density at radius 1 is 0.867 bits per heavy atom. The number of hydrogen-bond donors (Lipinski definition) is 0. The lowest BCUT2D eigenvalue weighted by atomic mass is 10.3. The Hall–Kier alpha value is -2.16. The molecule has 0 aliphatic carbocycles. The molecule has 3 heteroatoms. The van der Waals surface area contributed by atoms with Gasteiger partial charge in [-0.2, -0.15) is 4.80 Å². The maximum Gasteiger partial charge on any atom is 0.113 e. The van der Waals surface area contributed by atoms with Crippen molar-refractivity contribution in [3.05, 3.63) is 54.6 Å². The molecule has 0 aliphatic heterocycles. The molecular weight excluding hydrogens is 186 g/mol. The molecule has 2 aromatic carbocycles. The van der Waals surface area contributed by atoms with Gasteiger partial charge in [0.05, 0.1) is 5.69 Å². The first-order chi connectivity index (χ1) is 7.43. The van der Waals surface area contributed by atoms with Gasteiger partial charge in [0.2, 0.25) is 0 Å². The zero-order chi connectivity index (χ0) is 10.1. The Bertz CT molecular complexity index is 551. The van der Waals surface area contributed by atoms with Crippen molar-refractivity contribution in [2.24, 2.45) is 0 Å². The van der Waals surface area contributed by atoms with Gasteiger partial charge in [0.15, 0.2) is 0 Å². The first-order valence-electron chi connectivity index (χ1n) is 4.72. The van der Waals surface area contributed by atoms with Gasteiger partial charge in [0.25, 0.3) is 0 Å². The fraction of sp³-hybridized carbons (Fsp3) is 0. The highest BCUT2D eigenvalue weighted by molar-refractivity contribution is 5.73. The molecule has 0 aliphatic rings. The van der Waals surface area contributed by atoms with E-state index in [2.05, 4.69) is 16.3 Å². The quantitative estimate of drug-likeness (QED) is 0.594. The standard InChI is InChI=1S/C12H8N3/c1-2-6-10(7-3-1)15-13-11-8-4-5-9-12(11)14-15/h2-9H. The Kier molecular flexibility index (Phi) is 1.75. The summed E-state index contributed by atoms with van der Waals surface area (Å²) in [6, 6.07) is 18.3. The Balaban J connectivity index is 2.21. The predicted octanol–water partition coefficient (Wildman–Crippen LogP) is 2.22. The van der Waals surface area contributed by atoms with Gasteiger partial charge in [-0.25, -0.2) is 0 Å². The van der Waals surface area contributed by atoms with Crippen LogP contribution in [-0.2, 0) is 0 Å². The largest absolute Gasteiger partial charge is 0.150 e. The molecule has 0 unspecified atom stereocenters. The molecule has 15 heavy (non-hydrogen) atoms. The van der Waals surface area contributed by atoms with E-state index >= 15 is 0 Å². The van der Waals surface area contributed by atoms with Crippen molar-refractivity contribution in [1.82, 2.24) is 15.0 Å². The van der Waals surface area contributed by atoms with Crippen LogP contribution in [0, 0.1) is 6.07 Å². The molecule has 0 amide bonds. The van der Waals surface area contributed by atoms with E-state index in [9.17, 15) is 0 Å². The van der Waals surface area contributed by atoms with Gasteiger partial charge in [-0.15, -0.1) is 10.2 Å². The smallest absolute Gasteiger partial charge is 0.113 e. The molecule has 0 bridgehead atoms. The SMILES string of the molecule is [c]1ccc(-n2nc3ccccc3n2)cc1. The van der Waals surface area contributed by atoms with Crippen LogP contribution in [0.3, 0.4) is 0 Å². The molecule has 0 fully saturated rings. The fourth-order valence-corrected chi connectivity index (χ4v) is 1.49. The first kappa shape index (κ1) is 8.17. The highest BCUT2D eigenvalue weighted by atomic mass is 15.5. The Morgan fingerprint density at radius 2 is 1.47 bits per heavy atom. The van der Waals surface area contributed by atoms with Crippen molar-refractivity contribution in [2.45, 2.75) is 0 Å². The third-order valence-electron chi connectivity index (χ3n) is 2.22. The summed E-state index contributed by atoms with van der Waals surface area (Å²) in [5.74, 6) is 0. The second kappa shape index (κ2) is 3.20. The zero-order valence-corrected chi connectivity index (χ0v) is 7.96. The summed E-state index contributed by atoms with van der Waals surface area (Å²) in [6.07, 6.45) is 0. The van der Waals surface area contributed by atoms with Crippen molar-refractivity contribution < 1.29 is 0 Å². The normalized spacial score (nSPS) is 10.7. The number of benzene rings is 2. The van der Waals surface area contributed by atoms with Crippen LogP contribution < -0.4 is 0 Å². The Morgan fingerprint density at radius 3 is 2.07 bits per heavy atom. The molecule has 1 aromatic heterocycles. The first-order valence-corrected chi connectivity index (χ1v) is 4.72. The second-order valence-electron chi connectivity index (χ2n) is 3.24. The minimum Gasteiger partial charge on any atom is -0.150 e. The number of rotatable bonds is 1. The predicted molar refractivity (Wildman–Crippen MR) is 57.7 cm³/mol. The van der Waals surface area contributed by atoms with E-state index in [0.717, 1.165) is 16.7 Å². The minimum atomic E-state index is 0.908. The molecule has 0 saturated heterocycles. The van der Waals surface area contributed by atoms with Gasteiger partial charge < -0.3 is 0 Å². The van der Waals surface area contributed by atoms with Gasteiger partial charge >= 0.3 is 0 Å². The van der Waals surface area contributed by atoms with Gasteiger partial charge in [-0.05, 0) is 30.3 Å². The van der Waals surface area contributed by atoms with Crippen molar-refractivity contribution >= 4 is 11.0 Å². The lowest BCUT2D eigenvalue weighted by Crippen LogP contribution is -1.97. The molecule has 0 N–H and O–H groups in total. The molecule has 71 valence electrons. The van der Waals surface area contributed by atoms with E-state index in [4.69, 9.17) is 0 Å². The number of nitrogens with zero attached hydrogens (tertiary/aromatic N) is 3. The molecule has 1 heterocycles. The second-order valence-corrected chi connectivity index (χ2v) is 3.24. The summed E-state index contributed by atoms with van der Waals surface area (Å²) >= 11 is 0. The van der Waals surface area contributed by atoms with Crippen molar-refractivity contribution in [2.75, 3.05) is 0 Å². The summed E-state index contributed by atoms with van der Waals surface area (Å²) in [4.78, 5) is 1.64. The zero-order valence-electron chi connectivity index (χ0n) is 7.96. The summed E-state index contributed by atoms with van der Waals surface area (Å²) in [6.45, 7) is 0. The van der Waals surface area contributed by atoms with Crippen LogP contribution >= 0.6 is 0 Å².